The monoisotopic (exact) mass is 638 g/mol. The van der Waals surface area contributed by atoms with E-state index >= 15 is 0 Å². The van der Waals surface area contributed by atoms with Gasteiger partial charge >= 0.3 is 0 Å². The molecule has 3 atom stereocenters. The smallest absolute Gasteiger partial charge is 0.0839 e. The van der Waals surface area contributed by atoms with E-state index in [1.165, 1.54) is 82.8 Å². The van der Waals surface area contributed by atoms with E-state index in [9.17, 15) is 0 Å². The van der Waals surface area contributed by atoms with Gasteiger partial charge in [-0.3, -0.25) is 4.99 Å². The lowest BCUT2D eigenvalue weighted by atomic mass is 9.59. The quantitative estimate of drug-likeness (QED) is 0.179. The maximum atomic E-state index is 5.91. The van der Waals surface area contributed by atoms with Crippen molar-refractivity contribution in [2.24, 2.45) is 10.9 Å². The molecule has 0 amide bonds. The molecular formula is C48H34N2. The summed E-state index contributed by atoms with van der Waals surface area (Å²) in [6.07, 6.45) is 0.805. The Morgan fingerprint density at radius 1 is 0.580 bits per heavy atom. The molecule has 0 radical (unpaired) electrons. The second-order valence-electron chi connectivity index (χ2n) is 14.2. The summed E-state index contributed by atoms with van der Waals surface area (Å²) in [7, 11) is 0. The molecule has 0 bridgehead atoms. The van der Waals surface area contributed by atoms with Crippen molar-refractivity contribution < 1.29 is 0 Å². The Hall–Kier alpha value is -5.99. The molecule has 7 aromatic carbocycles. The predicted molar refractivity (Wildman–Crippen MR) is 207 cm³/mol. The van der Waals surface area contributed by atoms with E-state index < -0.39 is 5.41 Å². The van der Waals surface area contributed by atoms with Gasteiger partial charge in [0.15, 0.2) is 0 Å². The topological polar surface area (TPSA) is 17.3 Å². The maximum absolute atomic E-state index is 5.91. The van der Waals surface area contributed by atoms with Crippen LogP contribution in [0.3, 0.4) is 0 Å². The molecule has 0 saturated carbocycles. The normalized spacial score (nSPS) is 20.5. The zero-order chi connectivity index (χ0) is 33.0. The molecular weight excluding hydrogens is 605 g/mol. The lowest BCUT2D eigenvalue weighted by Gasteiger charge is -2.44. The first-order valence-electron chi connectivity index (χ1n) is 17.8. The number of hydrogen-bond donors (Lipinski definition) is 0. The Balaban J connectivity index is 1.34. The van der Waals surface area contributed by atoms with Crippen LogP contribution in [0.1, 0.15) is 52.8 Å². The van der Waals surface area contributed by atoms with Crippen LogP contribution in [0, 0.1) is 5.92 Å². The summed E-state index contributed by atoms with van der Waals surface area (Å²) < 4.78 is 2.54. The van der Waals surface area contributed by atoms with Crippen molar-refractivity contribution >= 4 is 43.9 Å². The fourth-order valence-corrected chi connectivity index (χ4v) is 10.1. The molecule has 236 valence electrons. The molecule has 2 nitrogen and oxygen atoms in total. The van der Waals surface area contributed by atoms with Crippen LogP contribution < -0.4 is 0 Å². The summed E-state index contributed by atoms with van der Waals surface area (Å²) in [4.78, 5) is 5.91. The Bertz CT molecular complexity index is 2760. The molecule has 8 aromatic rings. The number of hydrogen-bond acceptors (Lipinski definition) is 1. The van der Waals surface area contributed by atoms with E-state index in [1.54, 1.807) is 0 Å². The van der Waals surface area contributed by atoms with Crippen molar-refractivity contribution in [2.75, 3.05) is 0 Å². The van der Waals surface area contributed by atoms with Crippen molar-refractivity contribution in [3.63, 3.8) is 0 Å². The van der Waals surface area contributed by atoms with Gasteiger partial charge in [-0.1, -0.05) is 157 Å². The van der Waals surface area contributed by atoms with Crippen LogP contribution >= 0.6 is 0 Å². The third-order valence-electron chi connectivity index (χ3n) is 11.9. The average molecular weight is 639 g/mol. The van der Waals surface area contributed by atoms with Crippen molar-refractivity contribution in [2.45, 2.75) is 24.8 Å². The minimum absolute atomic E-state index is 0.0189. The van der Waals surface area contributed by atoms with E-state index in [0.29, 0.717) is 0 Å². The van der Waals surface area contributed by atoms with Crippen LogP contribution in [-0.4, -0.2) is 10.3 Å². The molecule has 0 fully saturated rings. The molecule has 0 N–H and O–H groups in total. The number of fused-ring (bicyclic) bond motifs is 13. The van der Waals surface area contributed by atoms with Crippen molar-refractivity contribution in [3.05, 3.63) is 203 Å². The Kier molecular flexibility index (Phi) is 5.73. The lowest BCUT2D eigenvalue weighted by molar-refractivity contribution is 0.442. The maximum Gasteiger partial charge on any atom is 0.0839 e. The number of aliphatic imine (C=N–C) groups is 1. The standard InChI is InChI=1S/C48H34N2/c1-30-29-41(32-16-3-2-4-17-32)49-46-37-21-7-9-24-38(37)48(45(46)44(30)35-22-13-18-31-15-5-6-19-33(31)35)39-25-10-12-28-43(39)50-42-27-11-8-20-34(42)36-23-14-26-40(48)47(36)50/h2-28,45-46H,29H2,1H3. The van der Waals surface area contributed by atoms with Gasteiger partial charge in [0.1, 0.15) is 0 Å². The zero-order valence-electron chi connectivity index (χ0n) is 27.8. The minimum atomic E-state index is -0.481. The van der Waals surface area contributed by atoms with Crippen LogP contribution in [0.5, 0.6) is 0 Å². The number of rotatable bonds is 2. The highest BCUT2D eigenvalue weighted by atomic mass is 15.0. The first kappa shape index (κ1) is 27.9. The molecule has 3 unspecified atom stereocenters. The lowest BCUT2D eigenvalue weighted by Crippen LogP contribution is -2.39. The van der Waals surface area contributed by atoms with Gasteiger partial charge < -0.3 is 4.57 Å². The molecule has 2 heteroatoms. The van der Waals surface area contributed by atoms with Gasteiger partial charge in [-0.2, -0.15) is 0 Å². The molecule has 1 aliphatic carbocycles. The summed E-state index contributed by atoms with van der Waals surface area (Å²) in [5.74, 6) is 0.0189. The number of para-hydroxylation sites is 3. The van der Waals surface area contributed by atoms with Crippen LogP contribution in [0.15, 0.2) is 174 Å². The summed E-state index contributed by atoms with van der Waals surface area (Å²) in [6.45, 7) is 2.38. The fourth-order valence-electron chi connectivity index (χ4n) is 10.1. The van der Waals surface area contributed by atoms with E-state index in [2.05, 4.69) is 175 Å². The first-order valence-corrected chi connectivity index (χ1v) is 17.8. The third-order valence-corrected chi connectivity index (χ3v) is 11.9. The van der Waals surface area contributed by atoms with Gasteiger partial charge in [0.2, 0.25) is 0 Å². The first-order chi connectivity index (χ1) is 24.7. The van der Waals surface area contributed by atoms with Gasteiger partial charge in [-0.05, 0) is 68.8 Å². The van der Waals surface area contributed by atoms with Crippen LogP contribution in [-0.2, 0) is 5.41 Å². The van der Waals surface area contributed by atoms with Crippen molar-refractivity contribution in [1.82, 2.24) is 4.57 Å². The summed E-state index contributed by atoms with van der Waals surface area (Å²) >= 11 is 0. The number of aromatic nitrogens is 1. The Morgan fingerprint density at radius 3 is 2.14 bits per heavy atom. The van der Waals surface area contributed by atoms with E-state index in [0.717, 1.165) is 12.1 Å². The molecule has 50 heavy (non-hydrogen) atoms. The van der Waals surface area contributed by atoms with Gasteiger partial charge in [-0.25, -0.2) is 0 Å². The second-order valence-corrected chi connectivity index (χ2v) is 14.2. The SMILES string of the molecule is CC1=C(c2cccc3ccccc23)C2C(N=C(c3ccccc3)C1)c1ccccc1C21c2ccccc2-n2c3ccccc3c3cccc1c32. The molecule has 3 heterocycles. The number of nitrogens with zero attached hydrogens (tertiary/aromatic N) is 2. The number of allylic oxidation sites excluding steroid dienone is 1. The largest absolute Gasteiger partial charge is 0.309 e. The average Bonchev–Trinajstić information content (AvgIpc) is 3.59. The highest BCUT2D eigenvalue weighted by Gasteiger charge is 2.59. The van der Waals surface area contributed by atoms with Gasteiger partial charge in [0, 0.05) is 28.8 Å². The van der Waals surface area contributed by atoms with Crippen LogP contribution in [0.2, 0.25) is 0 Å². The molecule has 3 aliphatic rings. The molecule has 2 aliphatic heterocycles. The summed E-state index contributed by atoms with van der Waals surface area (Å²) in [5.41, 5.74) is 15.3. The third kappa shape index (κ3) is 3.50. The van der Waals surface area contributed by atoms with Gasteiger partial charge in [0.05, 0.1) is 28.2 Å². The van der Waals surface area contributed by atoms with Crippen molar-refractivity contribution in [1.29, 1.82) is 0 Å². The highest BCUT2D eigenvalue weighted by molar-refractivity contribution is 6.12. The number of benzene rings is 7. The molecule has 1 spiro atoms. The molecule has 1 aromatic heterocycles. The minimum Gasteiger partial charge on any atom is -0.309 e. The van der Waals surface area contributed by atoms with E-state index in [-0.39, 0.29) is 12.0 Å². The summed E-state index contributed by atoms with van der Waals surface area (Å²) in [5, 5.41) is 5.17. The Labute approximate surface area is 291 Å². The summed E-state index contributed by atoms with van der Waals surface area (Å²) in [6, 6.07) is 61.0. The molecule has 11 rings (SSSR count). The zero-order valence-corrected chi connectivity index (χ0v) is 27.8. The van der Waals surface area contributed by atoms with E-state index in [1.807, 2.05) is 0 Å². The highest BCUT2D eigenvalue weighted by Crippen LogP contribution is 2.66. The van der Waals surface area contributed by atoms with Crippen LogP contribution in [0.4, 0.5) is 0 Å². The Morgan fingerprint density at radius 2 is 1.24 bits per heavy atom. The van der Waals surface area contributed by atoms with Gasteiger partial charge in [-0.15, -0.1) is 0 Å². The predicted octanol–water partition coefficient (Wildman–Crippen LogP) is 11.6. The second kappa shape index (κ2) is 10.3. The fraction of sp³-hybridized carbons (Fsp3) is 0.104. The van der Waals surface area contributed by atoms with Crippen molar-refractivity contribution in [3.8, 4) is 5.69 Å². The van der Waals surface area contributed by atoms with E-state index in [4.69, 9.17) is 4.99 Å². The van der Waals surface area contributed by atoms with Gasteiger partial charge in [0.25, 0.3) is 0 Å². The molecule has 0 saturated heterocycles. The van der Waals surface area contributed by atoms with Crippen LogP contribution in [0.25, 0.3) is 43.8 Å².